The summed E-state index contributed by atoms with van der Waals surface area (Å²) in [6, 6.07) is 0. The number of ketones is 1. The summed E-state index contributed by atoms with van der Waals surface area (Å²) in [5.41, 5.74) is 0.693. The Hall–Kier alpha value is -1.69. The van der Waals surface area contributed by atoms with E-state index in [9.17, 15) is 4.79 Å². The molecule has 0 aliphatic heterocycles. The van der Waals surface area contributed by atoms with Crippen LogP contribution in [0.15, 0.2) is 12.4 Å². The standard InChI is InChI=1S/C8H5N2O/c1-3-8(11)7-5-9-6(2)4-10-7/h1,4-5H,2H2. The first-order chi connectivity index (χ1) is 5.24. The SMILES string of the molecule is C#CC(=O)c1cnc([CH2])cn1. The second-order valence-electron chi connectivity index (χ2n) is 1.87. The van der Waals surface area contributed by atoms with Crippen molar-refractivity contribution in [2.24, 2.45) is 0 Å². The smallest absolute Gasteiger partial charge is 0.255 e. The molecule has 1 radical (unpaired) electrons. The van der Waals surface area contributed by atoms with Crippen molar-refractivity contribution < 1.29 is 4.79 Å². The van der Waals surface area contributed by atoms with E-state index >= 15 is 0 Å². The highest BCUT2D eigenvalue weighted by Gasteiger charge is 2.01. The maximum Gasteiger partial charge on any atom is 0.255 e. The Bertz CT molecular complexity index is 308. The van der Waals surface area contributed by atoms with Gasteiger partial charge < -0.3 is 0 Å². The molecule has 11 heavy (non-hydrogen) atoms. The van der Waals surface area contributed by atoms with E-state index in [2.05, 4.69) is 16.9 Å². The van der Waals surface area contributed by atoms with E-state index < -0.39 is 5.78 Å². The molecule has 0 spiro atoms. The van der Waals surface area contributed by atoms with Gasteiger partial charge in [0.05, 0.1) is 11.9 Å². The van der Waals surface area contributed by atoms with Gasteiger partial charge in [-0.3, -0.25) is 9.78 Å². The number of hydrogen-bond acceptors (Lipinski definition) is 3. The minimum atomic E-state index is -0.461. The molecule has 1 aromatic rings. The molecule has 0 aliphatic carbocycles. The predicted molar refractivity (Wildman–Crippen MR) is 39.7 cm³/mol. The van der Waals surface area contributed by atoms with Crippen LogP contribution in [-0.4, -0.2) is 15.8 Å². The number of nitrogens with zero attached hydrogens (tertiary/aromatic N) is 2. The molecular weight excluding hydrogens is 140 g/mol. The normalized spacial score (nSPS) is 8.73. The maximum atomic E-state index is 10.8. The Kier molecular flexibility index (Phi) is 1.98. The van der Waals surface area contributed by atoms with Gasteiger partial charge in [0.1, 0.15) is 5.69 Å². The maximum absolute atomic E-state index is 10.8. The Balaban J connectivity index is 3.01. The van der Waals surface area contributed by atoms with Gasteiger partial charge in [-0.15, -0.1) is 6.42 Å². The average molecular weight is 145 g/mol. The molecule has 0 N–H and O–H groups in total. The minimum absolute atomic E-state index is 0.180. The molecule has 0 saturated heterocycles. The average Bonchev–Trinajstić information content (AvgIpc) is 2.05. The monoisotopic (exact) mass is 145 g/mol. The molecule has 0 atom stereocenters. The summed E-state index contributed by atoms with van der Waals surface area (Å²) in [6.45, 7) is 3.51. The van der Waals surface area contributed by atoms with E-state index in [0.29, 0.717) is 5.69 Å². The molecule has 0 aromatic carbocycles. The molecule has 1 aromatic heterocycles. The first-order valence-corrected chi connectivity index (χ1v) is 2.89. The van der Waals surface area contributed by atoms with Gasteiger partial charge in [-0.1, -0.05) is 0 Å². The largest absolute Gasteiger partial charge is 0.277 e. The van der Waals surface area contributed by atoms with Crippen molar-refractivity contribution >= 4 is 5.78 Å². The fraction of sp³-hybridized carbons (Fsp3) is 0. The van der Waals surface area contributed by atoms with E-state index in [0.717, 1.165) is 0 Å². The molecule has 0 amide bonds. The fourth-order valence-electron chi connectivity index (χ4n) is 0.546. The van der Waals surface area contributed by atoms with Crippen LogP contribution < -0.4 is 0 Å². The van der Waals surface area contributed by atoms with E-state index in [1.54, 1.807) is 0 Å². The number of aromatic nitrogens is 2. The zero-order valence-corrected chi connectivity index (χ0v) is 5.74. The topological polar surface area (TPSA) is 42.9 Å². The molecule has 0 aliphatic rings. The summed E-state index contributed by atoms with van der Waals surface area (Å²) < 4.78 is 0. The predicted octanol–water partition coefficient (Wildman–Crippen LogP) is 0.475. The number of Topliss-reactive ketones (excluding diaryl/α,β-unsaturated/α-hetero) is 1. The van der Waals surface area contributed by atoms with Gasteiger partial charge in [0.15, 0.2) is 0 Å². The summed E-state index contributed by atoms with van der Waals surface area (Å²) in [6.07, 6.45) is 7.56. The highest BCUT2D eigenvalue weighted by atomic mass is 16.1. The number of carbonyl (C=O) groups is 1. The van der Waals surface area contributed by atoms with Gasteiger partial charge in [-0.2, -0.15) is 0 Å². The third-order valence-corrected chi connectivity index (χ3v) is 1.07. The Morgan fingerprint density at radius 2 is 2.27 bits per heavy atom. The molecule has 1 heterocycles. The lowest BCUT2D eigenvalue weighted by Crippen LogP contribution is -1.99. The molecule has 0 saturated carbocycles. The van der Waals surface area contributed by atoms with Gasteiger partial charge >= 0.3 is 0 Å². The Morgan fingerprint density at radius 3 is 2.73 bits per heavy atom. The summed E-state index contributed by atoms with van der Waals surface area (Å²) >= 11 is 0. The second-order valence-corrected chi connectivity index (χ2v) is 1.87. The molecule has 0 bridgehead atoms. The van der Waals surface area contributed by atoms with Gasteiger partial charge in [0, 0.05) is 6.20 Å². The van der Waals surface area contributed by atoms with Crippen molar-refractivity contribution in [1.29, 1.82) is 0 Å². The molecule has 53 valence electrons. The zero-order chi connectivity index (χ0) is 8.27. The van der Waals surface area contributed by atoms with Crippen LogP contribution >= 0.6 is 0 Å². The van der Waals surface area contributed by atoms with E-state index in [-0.39, 0.29) is 5.69 Å². The number of terminal acetylenes is 1. The minimum Gasteiger partial charge on any atom is -0.277 e. The van der Waals surface area contributed by atoms with Crippen LogP contribution in [-0.2, 0) is 0 Å². The summed E-state index contributed by atoms with van der Waals surface area (Å²) in [5, 5.41) is 0. The Morgan fingerprint density at radius 1 is 1.55 bits per heavy atom. The highest BCUT2D eigenvalue weighted by molar-refractivity contribution is 6.06. The molecule has 0 fully saturated rings. The van der Waals surface area contributed by atoms with Crippen LogP contribution in [0.3, 0.4) is 0 Å². The van der Waals surface area contributed by atoms with Crippen LogP contribution in [0, 0.1) is 19.3 Å². The first-order valence-electron chi connectivity index (χ1n) is 2.89. The molecule has 0 unspecified atom stereocenters. The molecular formula is C8H5N2O. The van der Waals surface area contributed by atoms with Crippen molar-refractivity contribution in [3.63, 3.8) is 0 Å². The van der Waals surface area contributed by atoms with Crippen LogP contribution in [0.2, 0.25) is 0 Å². The van der Waals surface area contributed by atoms with Crippen molar-refractivity contribution in [3.8, 4) is 12.3 Å². The first kappa shape index (κ1) is 7.42. The van der Waals surface area contributed by atoms with Crippen molar-refractivity contribution in [3.05, 3.63) is 30.7 Å². The number of hydrogen-bond donors (Lipinski definition) is 0. The van der Waals surface area contributed by atoms with E-state index in [1.807, 2.05) is 5.92 Å². The summed E-state index contributed by atoms with van der Waals surface area (Å²) in [4.78, 5) is 18.3. The summed E-state index contributed by atoms with van der Waals surface area (Å²) in [5.74, 6) is 1.48. The van der Waals surface area contributed by atoms with Crippen LogP contribution in [0.5, 0.6) is 0 Å². The quantitative estimate of drug-likeness (QED) is 0.328. The van der Waals surface area contributed by atoms with Gasteiger partial charge in [0.25, 0.3) is 5.78 Å². The number of rotatable bonds is 1. The molecule has 1 rings (SSSR count). The Labute approximate surface area is 64.5 Å². The lowest BCUT2D eigenvalue weighted by Gasteiger charge is -1.91. The van der Waals surface area contributed by atoms with E-state index in [4.69, 9.17) is 6.42 Å². The highest BCUT2D eigenvalue weighted by Crippen LogP contribution is 1.93. The molecule has 3 heteroatoms. The zero-order valence-electron chi connectivity index (χ0n) is 5.74. The number of carbonyl (C=O) groups excluding carboxylic acids is 1. The molecule has 3 nitrogen and oxygen atoms in total. The van der Waals surface area contributed by atoms with Gasteiger partial charge in [-0.05, 0) is 12.8 Å². The van der Waals surface area contributed by atoms with Crippen molar-refractivity contribution in [2.45, 2.75) is 0 Å². The van der Waals surface area contributed by atoms with Crippen molar-refractivity contribution in [2.75, 3.05) is 0 Å². The second kappa shape index (κ2) is 2.93. The third kappa shape index (κ3) is 1.62. The van der Waals surface area contributed by atoms with Crippen LogP contribution in [0.1, 0.15) is 16.2 Å². The van der Waals surface area contributed by atoms with Crippen molar-refractivity contribution in [1.82, 2.24) is 9.97 Å². The van der Waals surface area contributed by atoms with E-state index in [1.165, 1.54) is 12.4 Å². The van der Waals surface area contributed by atoms with Gasteiger partial charge in [0.2, 0.25) is 0 Å². The van der Waals surface area contributed by atoms with Crippen LogP contribution in [0.25, 0.3) is 0 Å². The van der Waals surface area contributed by atoms with Crippen LogP contribution in [0.4, 0.5) is 0 Å². The fourth-order valence-corrected chi connectivity index (χ4v) is 0.546. The lowest BCUT2D eigenvalue weighted by atomic mass is 10.3. The van der Waals surface area contributed by atoms with Gasteiger partial charge in [-0.25, -0.2) is 4.98 Å². The lowest BCUT2D eigenvalue weighted by molar-refractivity contribution is 0.105. The summed E-state index contributed by atoms with van der Waals surface area (Å²) in [7, 11) is 0. The third-order valence-electron chi connectivity index (χ3n) is 1.07.